The number of fused-ring (bicyclic) bond motifs is 9. The highest BCUT2D eigenvalue weighted by atomic mass is 32.1. The summed E-state index contributed by atoms with van der Waals surface area (Å²) in [6.45, 7) is 13.1. The zero-order chi connectivity index (χ0) is 56.6. The van der Waals surface area contributed by atoms with E-state index in [4.69, 9.17) is 28.9 Å². The van der Waals surface area contributed by atoms with Crippen LogP contribution in [0.1, 0.15) is 131 Å². The highest BCUT2D eigenvalue weighted by Gasteiger charge is 2.51. The molecule has 6 aliphatic heterocycles. The molecule has 4 aromatic heterocycles. The van der Waals surface area contributed by atoms with Gasteiger partial charge in [-0.25, -0.2) is 9.78 Å². The number of aromatic nitrogens is 5. The number of carbonyl (C=O) groups is 3. The second kappa shape index (κ2) is 21.8. The minimum absolute atomic E-state index is 0.00938. The Labute approximate surface area is 480 Å². The summed E-state index contributed by atoms with van der Waals surface area (Å²) in [4.78, 5) is 69.1. The first kappa shape index (κ1) is 54.0. The van der Waals surface area contributed by atoms with Gasteiger partial charge in [0.2, 0.25) is 11.8 Å². The number of aliphatic hydroxyl groups excluding tert-OH is 1. The van der Waals surface area contributed by atoms with E-state index < -0.39 is 24.2 Å². The summed E-state index contributed by atoms with van der Waals surface area (Å²) in [7, 11) is 0. The smallest absolute Gasteiger partial charge is 0.407 e. The van der Waals surface area contributed by atoms with E-state index in [1.54, 1.807) is 17.4 Å². The SMILES string of the molecule is Cc1ncsc1-c1ccc([C@H](C)NC(=O)[C@@H]2C[C@@H](O)CN2C(=O)[C@@H](c2cc(CNC(=O)OC[C@@H]3CC[C@]4(COc5nc(N6CC7CCCC6CN7)c6cnc7c(c6n5)C(C)c5cccc6cc(O)cc-7c56)CCCN34)no2)C(C)C)cc1. The molecule has 6 fully saturated rings. The lowest BCUT2D eigenvalue weighted by Crippen LogP contribution is -2.54. The van der Waals surface area contributed by atoms with E-state index in [2.05, 4.69) is 54.9 Å². The molecule has 14 rings (SSSR count). The van der Waals surface area contributed by atoms with Crippen LogP contribution in [0, 0.1) is 12.8 Å². The Morgan fingerprint density at radius 2 is 1.85 bits per heavy atom. The molecule has 10 heterocycles. The van der Waals surface area contributed by atoms with Crippen molar-refractivity contribution in [2.75, 3.05) is 44.3 Å². The summed E-state index contributed by atoms with van der Waals surface area (Å²) in [5.41, 5.74) is 9.60. The van der Waals surface area contributed by atoms with Gasteiger partial charge in [0.05, 0.1) is 56.9 Å². The van der Waals surface area contributed by atoms with E-state index in [9.17, 15) is 24.6 Å². The number of anilines is 1. The topological polar surface area (TPSA) is 234 Å². The van der Waals surface area contributed by atoms with Crippen molar-refractivity contribution >= 4 is 56.7 Å². The quantitative estimate of drug-likeness (QED) is 0.0646. The molecule has 9 atom stereocenters. The van der Waals surface area contributed by atoms with E-state index in [1.165, 1.54) is 10.5 Å². The van der Waals surface area contributed by atoms with E-state index in [0.717, 1.165) is 131 Å². The van der Waals surface area contributed by atoms with Crippen molar-refractivity contribution in [3.8, 4) is 33.5 Å². The summed E-state index contributed by atoms with van der Waals surface area (Å²) in [5, 5.41) is 38.6. The molecule has 5 N–H and O–H groups in total. The number of aryl methyl sites for hydroxylation is 1. The van der Waals surface area contributed by atoms with Crippen LogP contribution in [0.25, 0.3) is 43.4 Å². The number of carbonyl (C=O) groups excluding carboxylic acids is 3. The van der Waals surface area contributed by atoms with Crippen LogP contribution >= 0.6 is 11.3 Å². The molecule has 7 aliphatic rings. The van der Waals surface area contributed by atoms with Crippen LogP contribution in [0.4, 0.5) is 10.6 Å². The maximum atomic E-state index is 14.4. The molecule has 19 nitrogen and oxygen atoms in total. The van der Waals surface area contributed by atoms with Crippen molar-refractivity contribution in [3.63, 3.8) is 0 Å². The molecule has 3 amide bonds. The van der Waals surface area contributed by atoms with Gasteiger partial charge in [-0.1, -0.05) is 68.4 Å². The number of pyridine rings is 1. The summed E-state index contributed by atoms with van der Waals surface area (Å²) in [6.07, 6.45) is 7.53. The van der Waals surface area contributed by atoms with E-state index in [0.29, 0.717) is 30.1 Å². The molecular formula is C62H71N11O8S. The third-order valence-electron chi connectivity index (χ3n) is 18.5. The van der Waals surface area contributed by atoms with Gasteiger partial charge < -0.3 is 50.0 Å². The Bertz CT molecular complexity index is 3590. The molecule has 3 unspecified atom stereocenters. The molecule has 7 aromatic rings. The fourth-order valence-electron chi connectivity index (χ4n) is 14.3. The lowest BCUT2D eigenvalue weighted by molar-refractivity contribution is -0.141. The minimum Gasteiger partial charge on any atom is -0.508 e. The van der Waals surface area contributed by atoms with Crippen LogP contribution in [-0.4, -0.2) is 138 Å². The Balaban J connectivity index is 0.653. The van der Waals surface area contributed by atoms with Crippen molar-refractivity contribution in [3.05, 3.63) is 106 Å². The van der Waals surface area contributed by atoms with Gasteiger partial charge in [-0.05, 0) is 111 Å². The average Bonchev–Trinajstić information content (AvgIpc) is 4.46. The zero-order valence-corrected chi connectivity index (χ0v) is 47.9. The van der Waals surface area contributed by atoms with Crippen molar-refractivity contribution in [2.45, 2.75) is 146 Å². The number of benzene rings is 3. The van der Waals surface area contributed by atoms with Crippen LogP contribution < -0.4 is 25.6 Å². The number of aromatic hydroxyl groups is 1. The molecule has 0 radical (unpaired) electrons. The zero-order valence-electron chi connectivity index (χ0n) is 47.1. The van der Waals surface area contributed by atoms with Crippen molar-refractivity contribution < 1.29 is 38.6 Å². The fraction of sp³-hybridized carbons (Fsp3) is 0.484. The molecule has 0 saturated carbocycles. The first-order chi connectivity index (χ1) is 39.7. The maximum absolute atomic E-state index is 14.4. The van der Waals surface area contributed by atoms with Crippen molar-refractivity contribution in [1.29, 1.82) is 0 Å². The number of rotatable bonds is 15. The summed E-state index contributed by atoms with van der Waals surface area (Å²) >= 11 is 1.58. The van der Waals surface area contributed by atoms with Gasteiger partial charge in [0, 0.05) is 73.5 Å². The number of thiazole rings is 1. The highest BCUT2D eigenvalue weighted by molar-refractivity contribution is 7.13. The predicted molar refractivity (Wildman–Crippen MR) is 311 cm³/mol. The van der Waals surface area contributed by atoms with E-state index >= 15 is 0 Å². The highest BCUT2D eigenvalue weighted by Crippen LogP contribution is 2.50. The molecule has 20 heteroatoms. The Morgan fingerprint density at radius 1 is 1.00 bits per heavy atom. The van der Waals surface area contributed by atoms with Crippen LogP contribution in [0.5, 0.6) is 11.8 Å². The monoisotopic (exact) mass is 1130 g/mol. The van der Waals surface area contributed by atoms with Gasteiger partial charge in [-0.3, -0.25) is 19.5 Å². The Hall–Kier alpha value is -7.26. The number of β-amino-alcohol motifs (C(OH)–C–C–N with tert-alkyl or cyclic N) is 1. The van der Waals surface area contributed by atoms with Gasteiger partial charge >= 0.3 is 12.1 Å². The molecule has 3 aromatic carbocycles. The van der Waals surface area contributed by atoms with Gasteiger partial charge in [-0.2, -0.15) is 9.97 Å². The molecule has 6 saturated heterocycles. The molecule has 2 bridgehead atoms. The first-order valence-electron chi connectivity index (χ1n) is 29.2. The summed E-state index contributed by atoms with van der Waals surface area (Å²) in [6, 6.07) is 19.3. The standard InChI is InChI=1S/C62H71N11O8S/c1-33(2)51(59(77)72-29-45(75)24-49(72)58(76)67-35(4)37-13-15-38(16-14-37)56-36(5)66-32-82-56)50-22-41(70-81-50)25-65-61(78)79-30-43-17-19-62(18-8-20-73(43)62)31-80-60-68-55-48(57(69-60)71-28-40-10-7-11-42(71)26-63-40)27-64-54-47-23-44(74)21-39-9-6-12-46(53(39)47)34(3)52(54)55/h6,9,12-16,21-23,27,32-35,40,42-43,45,49,51,63,74-75H,7-8,10-11,17-20,24-26,28-31H2,1-5H3,(H,65,78)(H,67,76)/t34?,35-,40?,42?,43-,45+,49-,51+,62-/m0/s1. The number of hydrogen-bond donors (Lipinski definition) is 5. The molecule has 428 valence electrons. The average molecular weight is 1130 g/mol. The van der Waals surface area contributed by atoms with Crippen LogP contribution in [-0.2, 0) is 20.9 Å². The fourth-order valence-corrected chi connectivity index (χ4v) is 15.2. The lowest BCUT2D eigenvalue weighted by Gasteiger charge is -2.39. The van der Waals surface area contributed by atoms with E-state index in [1.807, 2.05) is 81.9 Å². The number of hydrogen-bond acceptors (Lipinski definition) is 17. The van der Waals surface area contributed by atoms with Gasteiger partial charge in [0.15, 0.2) is 0 Å². The van der Waals surface area contributed by atoms with Crippen LogP contribution in [0.2, 0.25) is 0 Å². The molecule has 0 spiro atoms. The number of nitrogens with zero attached hydrogens (tertiary/aromatic N) is 8. The third-order valence-corrected chi connectivity index (χ3v) is 19.5. The van der Waals surface area contributed by atoms with Crippen molar-refractivity contribution in [1.82, 2.24) is 50.8 Å². The number of phenols is 1. The second-order valence-corrected chi connectivity index (χ2v) is 24.9. The van der Waals surface area contributed by atoms with Gasteiger partial charge in [0.25, 0.3) is 0 Å². The minimum atomic E-state index is -0.877. The lowest BCUT2D eigenvalue weighted by atomic mass is 9.79. The number of amides is 3. The Morgan fingerprint density at radius 3 is 2.67 bits per heavy atom. The van der Waals surface area contributed by atoms with Gasteiger partial charge in [0.1, 0.15) is 48.2 Å². The third kappa shape index (κ3) is 9.87. The molecule has 1 aliphatic carbocycles. The summed E-state index contributed by atoms with van der Waals surface area (Å²) in [5.74, 6) is -0.393. The number of phenolic OH excluding ortho intramolecular Hbond substituents is 1. The first-order valence-corrected chi connectivity index (χ1v) is 30.1. The molecule has 82 heavy (non-hydrogen) atoms. The number of ether oxygens (including phenoxy) is 2. The van der Waals surface area contributed by atoms with Crippen LogP contribution in [0.15, 0.2) is 76.9 Å². The second-order valence-electron chi connectivity index (χ2n) is 24.0. The van der Waals surface area contributed by atoms with Crippen LogP contribution in [0.3, 0.4) is 0 Å². The van der Waals surface area contributed by atoms with Crippen molar-refractivity contribution in [2.24, 2.45) is 5.92 Å². The number of alkyl carbamates (subject to hydrolysis) is 1. The summed E-state index contributed by atoms with van der Waals surface area (Å²) < 4.78 is 18.5. The Kier molecular flexibility index (Phi) is 14.4. The largest absolute Gasteiger partial charge is 0.508 e. The number of aliphatic hydroxyl groups is 1. The number of piperazine rings is 1. The molecular weight excluding hydrogens is 1060 g/mol. The normalized spacial score (nSPS) is 24.6. The number of likely N-dealkylation sites (tertiary alicyclic amines) is 1. The number of nitrogens with one attached hydrogen (secondary N) is 3. The van der Waals surface area contributed by atoms with Gasteiger partial charge in [-0.15, -0.1) is 11.3 Å². The van der Waals surface area contributed by atoms with E-state index in [-0.39, 0.29) is 79.2 Å². The predicted octanol–water partition coefficient (Wildman–Crippen LogP) is 8.65. The maximum Gasteiger partial charge on any atom is 0.407 e.